The number of nitrogens with zero attached hydrogens (tertiary/aromatic N) is 1. The zero-order valence-electron chi connectivity index (χ0n) is 13.9. The van der Waals surface area contributed by atoms with E-state index in [1.807, 2.05) is 18.2 Å². The van der Waals surface area contributed by atoms with E-state index in [-0.39, 0.29) is 5.75 Å². The van der Waals surface area contributed by atoms with Crippen LogP contribution in [0.5, 0.6) is 11.5 Å². The first-order valence-electron chi connectivity index (χ1n) is 8.41. The average Bonchev–Trinajstić information content (AvgIpc) is 2.60. The molecule has 1 aliphatic carbocycles. The number of anilines is 1. The summed E-state index contributed by atoms with van der Waals surface area (Å²) < 4.78 is 8.67. The Morgan fingerprint density at radius 3 is 2.64 bits per heavy atom. The summed E-state index contributed by atoms with van der Waals surface area (Å²) in [6, 6.07) is 11.4. The van der Waals surface area contributed by atoms with Crippen molar-refractivity contribution in [3.05, 3.63) is 56.5 Å². The van der Waals surface area contributed by atoms with E-state index >= 15 is 0 Å². The molecule has 1 unspecified atom stereocenters. The number of hydrogen-bond donors (Lipinski definition) is 1. The molecule has 0 saturated heterocycles. The maximum Gasteiger partial charge on any atom is 0.205 e. The highest BCUT2D eigenvalue weighted by Gasteiger charge is 2.45. The van der Waals surface area contributed by atoms with Crippen molar-refractivity contribution < 1.29 is 9.84 Å². The molecule has 4 rings (SSSR count). The van der Waals surface area contributed by atoms with Gasteiger partial charge in [-0.2, -0.15) is 0 Å². The first-order valence-corrected chi connectivity index (χ1v) is 10.0. The van der Waals surface area contributed by atoms with Crippen LogP contribution in [0.15, 0.2) is 50.9 Å². The lowest BCUT2D eigenvalue weighted by molar-refractivity contribution is 0.0759. The number of benzene rings is 2. The summed E-state index contributed by atoms with van der Waals surface area (Å²) in [7, 11) is 2.07. The van der Waals surface area contributed by atoms with Gasteiger partial charge in [-0.15, -0.1) is 0 Å². The highest BCUT2D eigenvalue weighted by Crippen LogP contribution is 2.49. The molecular weight excluding hydrogens is 446 g/mol. The third kappa shape index (κ3) is 2.87. The van der Waals surface area contributed by atoms with Crippen LogP contribution in [-0.2, 0) is 0 Å². The number of likely N-dealkylation sites (N-methyl/N-ethyl adjacent to an activating group) is 1. The molecule has 1 atom stereocenters. The Bertz CT molecular complexity index is 848. The van der Waals surface area contributed by atoms with Crippen LogP contribution in [0.3, 0.4) is 0 Å². The summed E-state index contributed by atoms with van der Waals surface area (Å²) in [4.78, 5) is 2.20. The standard InChI is InChI=1S/C20H19Br2NO2/c1-23(16-5-7-17(24)8-6-16)20-9-3-2-4-14(20)10-13-11-15(21)12-18(22)19(13)25-20/h5-8,10-12,24H,2-4,9H2,1H3. The molecule has 2 aromatic rings. The molecule has 0 amide bonds. The summed E-state index contributed by atoms with van der Waals surface area (Å²) in [6.07, 6.45) is 6.57. The quantitative estimate of drug-likeness (QED) is 0.582. The Hall–Kier alpha value is -1.46. The summed E-state index contributed by atoms with van der Waals surface area (Å²) in [5.41, 5.74) is 2.97. The van der Waals surface area contributed by atoms with E-state index in [4.69, 9.17) is 4.74 Å². The van der Waals surface area contributed by atoms with Crippen molar-refractivity contribution in [2.24, 2.45) is 0 Å². The molecule has 1 aliphatic heterocycles. The third-order valence-electron chi connectivity index (χ3n) is 5.13. The summed E-state index contributed by atoms with van der Waals surface area (Å²) in [6.45, 7) is 0. The van der Waals surface area contributed by atoms with Crippen molar-refractivity contribution in [2.75, 3.05) is 11.9 Å². The van der Waals surface area contributed by atoms with E-state index < -0.39 is 5.72 Å². The summed E-state index contributed by atoms with van der Waals surface area (Å²) in [5, 5.41) is 9.60. The second-order valence-corrected chi connectivity index (χ2v) is 8.41. The number of phenolic OH excluding ortho intramolecular Hbond substituents is 1. The van der Waals surface area contributed by atoms with Gasteiger partial charge >= 0.3 is 0 Å². The van der Waals surface area contributed by atoms with Gasteiger partial charge in [-0.1, -0.05) is 15.9 Å². The minimum absolute atomic E-state index is 0.275. The number of fused-ring (bicyclic) bond motifs is 2. The van der Waals surface area contributed by atoms with Gasteiger partial charge in [0, 0.05) is 29.2 Å². The fourth-order valence-electron chi connectivity index (χ4n) is 3.83. The molecular formula is C20H19Br2NO2. The maximum atomic E-state index is 9.60. The number of hydrogen-bond acceptors (Lipinski definition) is 3. The zero-order valence-corrected chi connectivity index (χ0v) is 17.1. The van der Waals surface area contributed by atoms with Crippen molar-refractivity contribution in [1.29, 1.82) is 0 Å². The van der Waals surface area contributed by atoms with E-state index in [1.54, 1.807) is 12.1 Å². The van der Waals surface area contributed by atoms with Crippen LogP contribution in [0, 0.1) is 0 Å². The first-order chi connectivity index (χ1) is 12.0. The van der Waals surface area contributed by atoms with Crippen LogP contribution in [-0.4, -0.2) is 17.9 Å². The number of ether oxygens (including phenoxy) is 1. The van der Waals surface area contributed by atoms with E-state index in [2.05, 4.69) is 55.9 Å². The average molecular weight is 465 g/mol. The normalized spacial score (nSPS) is 21.6. The van der Waals surface area contributed by atoms with Gasteiger partial charge < -0.3 is 14.7 Å². The second kappa shape index (κ2) is 6.36. The van der Waals surface area contributed by atoms with Gasteiger partial charge in [0.1, 0.15) is 11.5 Å². The predicted octanol–water partition coefficient (Wildman–Crippen LogP) is 6.10. The van der Waals surface area contributed by atoms with Crippen LogP contribution < -0.4 is 9.64 Å². The number of aromatic hydroxyl groups is 1. The van der Waals surface area contributed by atoms with Crippen molar-refractivity contribution in [1.82, 2.24) is 0 Å². The maximum absolute atomic E-state index is 9.60. The molecule has 0 aromatic heterocycles. The molecule has 1 heterocycles. The van der Waals surface area contributed by atoms with Crippen LogP contribution in [0.25, 0.3) is 6.08 Å². The van der Waals surface area contributed by atoms with Crippen LogP contribution >= 0.6 is 31.9 Å². The number of halogens is 2. The van der Waals surface area contributed by atoms with E-state index in [0.29, 0.717) is 0 Å². The zero-order chi connectivity index (χ0) is 17.6. The molecule has 0 radical (unpaired) electrons. The highest BCUT2D eigenvalue weighted by atomic mass is 79.9. The van der Waals surface area contributed by atoms with Crippen molar-refractivity contribution in [3.63, 3.8) is 0 Å². The minimum Gasteiger partial charge on any atom is -0.508 e. The fraction of sp³-hybridized carbons (Fsp3) is 0.300. The van der Waals surface area contributed by atoms with Crippen molar-refractivity contribution >= 4 is 43.6 Å². The van der Waals surface area contributed by atoms with Crippen LogP contribution in [0.2, 0.25) is 0 Å². The predicted molar refractivity (Wildman–Crippen MR) is 108 cm³/mol. The van der Waals surface area contributed by atoms with Gasteiger partial charge in [0.05, 0.1) is 4.47 Å². The fourth-order valence-corrected chi connectivity index (χ4v) is 5.16. The summed E-state index contributed by atoms with van der Waals surface area (Å²) in [5.74, 6) is 1.16. The van der Waals surface area contributed by atoms with Gasteiger partial charge in [0.2, 0.25) is 5.72 Å². The lowest BCUT2D eigenvalue weighted by Gasteiger charge is -2.49. The van der Waals surface area contributed by atoms with Gasteiger partial charge in [0.15, 0.2) is 0 Å². The lowest BCUT2D eigenvalue weighted by atomic mass is 9.82. The second-order valence-electron chi connectivity index (χ2n) is 6.64. The number of rotatable bonds is 2. The monoisotopic (exact) mass is 463 g/mol. The molecule has 1 saturated carbocycles. The molecule has 25 heavy (non-hydrogen) atoms. The van der Waals surface area contributed by atoms with Gasteiger partial charge in [0.25, 0.3) is 0 Å². The Balaban J connectivity index is 1.82. The largest absolute Gasteiger partial charge is 0.508 e. The smallest absolute Gasteiger partial charge is 0.205 e. The number of phenols is 1. The van der Waals surface area contributed by atoms with Gasteiger partial charge in [-0.25, -0.2) is 0 Å². The Morgan fingerprint density at radius 2 is 1.88 bits per heavy atom. The molecule has 1 N–H and O–H groups in total. The molecule has 5 heteroatoms. The van der Waals surface area contributed by atoms with Crippen LogP contribution in [0.1, 0.15) is 31.2 Å². The molecule has 1 fully saturated rings. The molecule has 0 spiro atoms. The third-order valence-corrected chi connectivity index (χ3v) is 6.18. The molecule has 2 aromatic carbocycles. The lowest BCUT2D eigenvalue weighted by Crippen LogP contribution is -2.55. The van der Waals surface area contributed by atoms with E-state index in [0.717, 1.165) is 45.2 Å². The summed E-state index contributed by atoms with van der Waals surface area (Å²) >= 11 is 7.22. The molecule has 130 valence electrons. The molecule has 2 aliphatic rings. The van der Waals surface area contributed by atoms with E-state index in [9.17, 15) is 5.11 Å². The van der Waals surface area contributed by atoms with Gasteiger partial charge in [-0.3, -0.25) is 0 Å². The van der Waals surface area contributed by atoms with E-state index in [1.165, 1.54) is 12.0 Å². The molecule has 3 nitrogen and oxygen atoms in total. The Morgan fingerprint density at radius 1 is 1.12 bits per heavy atom. The Kier molecular flexibility index (Phi) is 4.32. The highest BCUT2D eigenvalue weighted by molar-refractivity contribution is 9.11. The Labute approximate surface area is 164 Å². The van der Waals surface area contributed by atoms with Crippen molar-refractivity contribution in [2.45, 2.75) is 31.4 Å². The van der Waals surface area contributed by atoms with Crippen LogP contribution in [0.4, 0.5) is 5.69 Å². The minimum atomic E-state index is -0.474. The molecule has 0 bridgehead atoms. The SMILES string of the molecule is CN(c1ccc(O)cc1)C12CCCCC1=Cc1cc(Br)cc(Br)c1O2. The van der Waals surface area contributed by atoms with Gasteiger partial charge in [-0.05, 0) is 83.2 Å². The van der Waals surface area contributed by atoms with Crippen molar-refractivity contribution in [3.8, 4) is 11.5 Å². The topological polar surface area (TPSA) is 32.7 Å². The first kappa shape index (κ1) is 17.0.